The maximum absolute atomic E-state index is 13.1. The highest BCUT2D eigenvalue weighted by Gasteiger charge is 2.71. The molecule has 37 heavy (non-hydrogen) atoms. The quantitative estimate of drug-likeness (QED) is 0.428. The van der Waals surface area contributed by atoms with Gasteiger partial charge in [0, 0.05) is 11.8 Å². The van der Waals surface area contributed by atoms with E-state index >= 15 is 0 Å². The summed E-state index contributed by atoms with van der Waals surface area (Å²) < 4.78 is 58.6. The number of ether oxygens (including phenoxy) is 4. The molecule has 1 aromatic carbocycles. The average molecular weight is 530 g/mol. The van der Waals surface area contributed by atoms with Gasteiger partial charge in [0.1, 0.15) is 17.3 Å². The van der Waals surface area contributed by atoms with Gasteiger partial charge in [-0.05, 0) is 24.1 Å². The first-order valence-corrected chi connectivity index (χ1v) is 10.9. The third kappa shape index (κ3) is 4.41. The van der Waals surface area contributed by atoms with Gasteiger partial charge in [0.25, 0.3) is 0 Å². The van der Waals surface area contributed by atoms with Crippen molar-refractivity contribution in [2.24, 2.45) is 23.7 Å². The molecule has 0 heterocycles. The largest absolute Gasteiger partial charge is 0.511 e. The molecule has 0 amide bonds. The molecular weight excluding hydrogens is 505 g/mol. The SMILES string of the molecule is COC(=O)C1=C(O)C(C(=O)OC)[C@]2(O)[C@@H](C(=O)OC)[C@@H]1C[C@H](c1ccc(C(F)(F)F)cc1)[C@@H]2C(=O)OC. The topological polar surface area (TPSA) is 146 Å². The van der Waals surface area contributed by atoms with E-state index < -0.39 is 82.1 Å². The molecule has 0 saturated heterocycles. The Morgan fingerprint density at radius 2 is 1.32 bits per heavy atom. The highest BCUT2D eigenvalue weighted by atomic mass is 19.4. The van der Waals surface area contributed by atoms with Crippen LogP contribution in [0.25, 0.3) is 0 Å². The van der Waals surface area contributed by atoms with Crippen LogP contribution >= 0.6 is 0 Å². The number of hydrogen-bond acceptors (Lipinski definition) is 10. The van der Waals surface area contributed by atoms with E-state index in [2.05, 4.69) is 0 Å². The number of carbonyl (C=O) groups is 4. The Bertz CT molecular complexity index is 1130. The van der Waals surface area contributed by atoms with Crippen molar-refractivity contribution in [3.05, 3.63) is 46.7 Å². The number of esters is 4. The Hall–Kier alpha value is -3.61. The number of fused-ring (bicyclic) bond motifs is 2. The molecule has 1 fully saturated rings. The van der Waals surface area contributed by atoms with Crippen molar-refractivity contribution in [3.8, 4) is 0 Å². The van der Waals surface area contributed by atoms with Crippen LogP contribution < -0.4 is 0 Å². The zero-order valence-corrected chi connectivity index (χ0v) is 20.2. The first-order valence-electron chi connectivity index (χ1n) is 10.9. The molecular formula is C24H25F3O10. The number of alkyl halides is 3. The molecule has 0 spiro atoms. The smallest absolute Gasteiger partial charge is 0.416 e. The third-order valence-corrected chi connectivity index (χ3v) is 7.11. The van der Waals surface area contributed by atoms with Gasteiger partial charge >= 0.3 is 30.1 Å². The monoisotopic (exact) mass is 530 g/mol. The van der Waals surface area contributed by atoms with Gasteiger partial charge in [-0.3, -0.25) is 14.4 Å². The van der Waals surface area contributed by atoms with Crippen LogP contribution in [0.15, 0.2) is 35.6 Å². The average Bonchev–Trinajstić information content (AvgIpc) is 2.86. The second kappa shape index (κ2) is 10.0. The predicted molar refractivity (Wildman–Crippen MR) is 115 cm³/mol. The summed E-state index contributed by atoms with van der Waals surface area (Å²) in [5.41, 5.74) is -4.17. The minimum atomic E-state index is -4.65. The second-order valence-corrected chi connectivity index (χ2v) is 8.70. The van der Waals surface area contributed by atoms with Crippen molar-refractivity contribution in [2.75, 3.05) is 28.4 Å². The van der Waals surface area contributed by atoms with Gasteiger partial charge in [-0.25, -0.2) is 4.79 Å². The van der Waals surface area contributed by atoms with E-state index in [9.17, 15) is 42.6 Å². The van der Waals surface area contributed by atoms with Gasteiger partial charge in [0.05, 0.1) is 51.4 Å². The van der Waals surface area contributed by atoms with Gasteiger partial charge in [-0.1, -0.05) is 12.1 Å². The van der Waals surface area contributed by atoms with Crippen molar-refractivity contribution in [3.63, 3.8) is 0 Å². The molecule has 1 unspecified atom stereocenters. The van der Waals surface area contributed by atoms with Crippen LogP contribution in [-0.2, 0) is 44.3 Å². The Labute approximate surface area is 208 Å². The molecule has 0 radical (unpaired) electrons. The van der Waals surface area contributed by atoms with Crippen LogP contribution in [-0.4, -0.2) is 68.1 Å². The summed E-state index contributed by atoms with van der Waals surface area (Å²) in [4.78, 5) is 51.7. The summed E-state index contributed by atoms with van der Waals surface area (Å²) in [6.07, 6.45) is -4.96. The van der Waals surface area contributed by atoms with Crippen LogP contribution in [0, 0.1) is 23.7 Å². The van der Waals surface area contributed by atoms with Crippen LogP contribution in [0.2, 0.25) is 0 Å². The summed E-state index contributed by atoms with van der Waals surface area (Å²) in [6.45, 7) is 0. The van der Waals surface area contributed by atoms with E-state index in [4.69, 9.17) is 18.9 Å². The first-order chi connectivity index (χ1) is 17.3. The molecule has 3 rings (SSSR count). The van der Waals surface area contributed by atoms with Crippen LogP contribution in [0.1, 0.15) is 23.5 Å². The van der Waals surface area contributed by atoms with Crippen LogP contribution in [0.3, 0.4) is 0 Å². The molecule has 2 aliphatic rings. The molecule has 1 aromatic rings. The van der Waals surface area contributed by atoms with E-state index in [0.717, 1.165) is 52.7 Å². The van der Waals surface area contributed by atoms with E-state index in [1.165, 1.54) is 0 Å². The number of carbonyl (C=O) groups excluding carboxylic acids is 4. The second-order valence-electron chi connectivity index (χ2n) is 8.70. The Morgan fingerprint density at radius 3 is 1.76 bits per heavy atom. The van der Waals surface area contributed by atoms with E-state index in [1.54, 1.807) is 0 Å². The van der Waals surface area contributed by atoms with Crippen LogP contribution in [0.5, 0.6) is 0 Å². The molecule has 13 heteroatoms. The van der Waals surface area contributed by atoms with E-state index in [1.807, 2.05) is 0 Å². The zero-order chi connectivity index (χ0) is 27.9. The zero-order valence-electron chi connectivity index (χ0n) is 20.2. The van der Waals surface area contributed by atoms with Gasteiger partial charge in [-0.2, -0.15) is 13.2 Å². The van der Waals surface area contributed by atoms with E-state index in [-0.39, 0.29) is 12.0 Å². The third-order valence-electron chi connectivity index (χ3n) is 7.11. The minimum Gasteiger partial charge on any atom is -0.511 e. The molecule has 0 aliphatic heterocycles. The lowest BCUT2D eigenvalue weighted by atomic mass is 9.49. The van der Waals surface area contributed by atoms with Crippen molar-refractivity contribution in [1.82, 2.24) is 0 Å². The van der Waals surface area contributed by atoms with Crippen molar-refractivity contribution < 1.29 is 61.5 Å². The highest BCUT2D eigenvalue weighted by Crippen LogP contribution is 2.60. The van der Waals surface area contributed by atoms with E-state index in [0.29, 0.717) is 0 Å². The van der Waals surface area contributed by atoms with Crippen LogP contribution in [0.4, 0.5) is 13.2 Å². The Kier molecular flexibility index (Phi) is 7.59. The standard InChI is InChI=1S/C24H25F3O10/c1-34-19(29)14-13-9-12(10-5-7-11(8-6-10)24(25,26)27)15(20(30)35-2)23(33,16(13)21(31)36-3)17(18(14)28)22(32)37-4/h5-8,12-13,15-17,28,33H,9H2,1-4H3/t12-,13-,15-,16-,17?,23-/m1/s1. The molecule has 1 saturated carbocycles. The van der Waals surface area contributed by atoms with Gasteiger partial charge < -0.3 is 29.2 Å². The summed E-state index contributed by atoms with van der Waals surface area (Å²) >= 11 is 0. The van der Waals surface area contributed by atoms with Gasteiger partial charge in [0.15, 0.2) is 0 Å². The van der Waals surface area contributed by atoms with Crippen molar-refractivity contribution in [2.45, 2.75) is 24.1 Å². The van der Waals surface area contributed by atoms with Gasteiger partial charge in [-0.15, -0.1) is 0 Å². The molecule has 2 aliphatic carbocycles. The summed E-state index contributed by atoms with van der Waals surface area (Å²) in [7, 11) is 3.85. The molecule has 10 nitrogen and oxygen atoms in total. The number of rotatable bonds is 5. The predicted octanol–water partition coefficient (Wildman–Crippen LogP) is 1.91. The number of aliphatic hydroxyl groups is 2. The van der Waals surface area contributed by atoms with Crippen molar-refractivity contribution >= 4 is 23.9 Å². The first kappa shape index (κ1) is 28.0. The lowest BCUT2D eigenvalue weighted by molar-refractivity contribution is -0.208. The fraction of sp³-hybridized carbons (Fsp3) is 0.500. The molecule has 0 aromatic heterocycles. The molecule has 202 valence electrons. The van der Waals surface area contributed by atoms with Crippen molar-refractivity contribution in [1.29, 1.82) is 0 Å². The summed E-state index contributed by atoms with van der Waals surface area (Å²) in [5, 5.41) is 23.1. The lowest BCUT2D eigenvalue weighted by Crippen LogP contribution is -2.68. The fourth-order valence-electron chi connectivity index (χ4n) is 5.58. The lowest BCUT2D eigenvalue weighted by Gasteiger charge is -2.55. The maximum Gasteiger partial charge on any atom is 0.416 e. The normalized spacial score (nSPS) is 29.2. The highest BCUT2D eigenvalue weighted by molar-refractivity contribution is 5.96. The Balaban J connectivity index is 2.37. The number of benzene rings is 1. The maximum atomic E-state index is 13.1. The number of methoxy groups -OCH3 is 4. The summed E-state index contributed by atoms with van der Waals surface area (Å²) in [5.74, 6) is -13.9. The minimum absolute atomic E-state index is 0.115. The fourth-order valence-corrected chi connectivity index (χ4v) is 5.58. The molecule has 2 N–H and O–H groups in total. The number of halogens is 3. The molecule has 6 atom stereocenters. The number of aliphatic hydroxyl groups excluding tert-OH is 1. The number of hydrogen-bond donors (Lipinski definition) is 2. The Morgan fingerprint density at radius 1 is 0.838 bits per heavy atom. The van der Waals surface area contributed by atoms with Gasteiger partial charge in [0.2, 0.25) is 0 Å². The summed E-state index contributed by atoms with van der Waals surface area (Å²) in [6, 6.07) is 3.69. The molecule has 2 bridgehead atoms.